The summed E-state index contributed by atoms with van der Waals surface area (Å²) >= 11 is 5.95. The second-order valence-electron chi connectivity index (χ2n) is 4.19. The van der Waals surface area contributed by atoms with Crippen LogP contribution < -0.4 is 10.5 Å². The van der Waals surface area contributed by atoms with E-state index in [4.69, 9.17) is 27.5 Å². The number of nitrogen functional groups attached to an aromatic ring is 1. The van der Waals surface area contributed by atoms with E-state index in [1.165, 1.54) is 18.2 Å². The maximum atomic E-state index is 10.7. The summed E-state index contributed by atoms with van der Waals surface area (Å²) in [5, 5.41) is 18.2. The lowest BCUT2D eigenvalue weighted by Gasteiger charge is -2.10. The molecule has 0 amide bonds. The molecule has 2 aromatic rings. The van der Waals surface area contributed by atoms with E-state index in [2.05, 4.69) is 4.98 Å². The van der Waals surface area contributed by atoms with Crippen LogP contribution in [-0.2, 0) is 0 Å². The topological polar surface area (TPSA) is 115 Å². The number of non-ortho nitro benzene ring substituents is 1. The van der Waals surface area contributed by atoms with Gasteiger partial charge in [-0.2, -0.15) is 0 Å². The third-order valence-corrected chi connectivity index (χ3v) is 2.92. The highest BCUT2D eigenvalue weighted by Gasteiger charge is 2.14. The van der Waals surface area contributed by atoms with Crippen LogP contribution in [-0.4, -0.2) is 15.7 Å². The van der Waals surface area contributed by atoms with Crippen molar-refractivity contribution in [3.63, 3.8) is 0 Å². The van der Waals surface area contributed by atoms with Crippen molar-refractivity contribution in [2.45, 2.75) is 6.92 Å². The molecule has 3 N–H and O–H groups in total. The van der Waals surface area contributed by atoms with Gasteiger partial charge in [-0.25, -0.2) is 4.98 Å². The Morgan fingerprint density at radius 3 is 2.71 bits per heavy atom. The number of aryl methyl sites for hydroxylation is 1. The summed E-state index contributed by atoms with van der Waals surface area (Å²) < 4.78 is 5.53. The van der Waals surface area contributed by atoms with Gasteiger partial charge in [0.25, 0.3) is 5.69 Å². The second-order valence-corrected chi connectivity index (χ2v) is 4.60. The molecule has 0 fully saturated rings. The van der Waals surface area contributed by atoms with Gasteiger partial charge in [-0.05, 0) is 25.1 Å². The fourth-order valence-corrected chi connectivity index (χ4v) is 1.82. The SMILES string of the molecule is Cc1ccc(C(=N)N)c(Oc2ccc([N+](=O)[O-])cc2Cl)n1. The zero-order valence-electron chi connectivity index (χ0n) is 11.0. The third kappa shape index (κ3) is 3.26. The van der Waals surface area contributed by atoms with E-state index >= 15 is 0 Å². The van der Waals surface area contributed by atoms with E-state index in [0.29, 0.717) is 11.3 Å². The lowest BCUT2D eigenvalue weighted by molar-refractivity contribution is -0.384. The van der Waals surface area contributed by atoms with Gasteiger partial charge in [0.2, 0.25) is 5.88 Å². The molecule has 1 heterocycles. The van der Waals surface area contributed by atoms with Crippen LogP contribution in [0.5, 0.6) is 11.6 Å². The number of nitrogens with zero attached hydrogens (tertiary/aromatic N) is 2. The molecule has 0 aliphatic heterocycles. The summed E-state index contributed by atoms with van der Waals surface area (Å²) in [5.74, 6) is 0.122. The Morgan fingerprint density at radius 2 is 2.14 bits per heavy atom. The van der Waals surface area contributed by atoms with Crippen molar-refractivity contribution >= 4 is 23.1 Å². The molecule has 8 heteroatoms. The number of nitrogens with one attached hydrogen (secondary N) is 1. The summed E-state index contributed by atoms with van der Waals surface area (Å²) in [7, 11) is 0. The Balaban J connectivity index is 2.40. The molecule has 0 unspecified atom stereocenters. The summed E-state index contributed by atoms with van der Waals surface area (Å²) in [6.45, 7) is 1.76. The number of benzene rings is 1. The van der Waals surface area contributed by atoms with Gasteiger partial charge >= 0.3 is 0 Å². The molecule has 0 atom stereocenters. The number of pyridine rings is 1. The largest absolute Gasteiger partial charge is 0.437 e. The van der Waals surface area contributed by atoms with E-state index in [-0.39, 0.29) is 28.2 Å². The number of ether oxygens (including phenoxy) is 1. The predicted octanol–water partition coefficient (Wildman–Crippen LogP) is 3.03. The lowest BCUT2D eigenvalue weighted by Crippen LogP contribution is -2.13. The van der Waals surface area contributed by atoms with Crippen molar-refractivity contribution in [2.24, 2.45) is 5.73 Å². The number of nitro groups is 1. The number of nitrogens with two attached hydrogens (primary N) is 1. The maximum absolute atomic E-state index is 10.7. The van der Waals surface area contributed by atoms with Gasteiger partial charge in [-0.1, -0.05) is 11.6 Å². The minimum atomic E-state index is -0.554. The van der Waals surface area contributed by atoms with Crippen LogP contribution in [0.15, 0.2) is 30.3 Å². The summed E-state index contributed by atoms with van der Waals surface area (Å²) in [5.41, 5.74) is 6.31. The summed E-state index contributed by atoms with van der Waals surface area (Å²) in [6.07, 6.45) is 0. The molecule has 0 radical (unpaired) electrons. The highest BCUT2D eigenvalue weighted by molar-refractivity contribution is 6.32. The summed E-state index contributed by atoms with van der Waals surface area (Å²) in [6, 6.07) is 7.12. The van der Waals surface area contributed by atoms with Crippen LogP contribution >= 0.6 is 11.6 Å². The van der Waals surface area contributed by atoms with Crippen LogP contribution in [0, 0.1) is 22.4 Å². The van der Waals surface area contributed by atoms with Gasteiger partial charge in [0.15, 0.2) is 0 Å². The van der Waals surface area contributed by atoms with E-state index in [9.17, 15) is 10.1 Å². The van der Waals surface area contributed by atoms with Gasteiger partial charge in [-0.3, -0.25) is 15.5 Å². The average Bonchev–Trinajstić information content (AvgIpc) is 2.40. The zero-order valence-corrected chi connectivity index (χ0v) is 11.7. The number of rotatable bonds is 4. The minimum absolute atomic E-state index is 0.0713. The van der Waals surface area contributed by atoms with Crippen LogP contribution in [0.2, 0.25) is 5.02 Å². The van der Waals surface area contributed by atoms with Crippen molar-refractivity contribution in [3.8, 4) is 11.6 Å². The second kappa shape index (κ2) is 5.76. The quantitative estimate of drug-likeness (QED) is 0.390. The van der Waals surface area contributed by atoms with Gasteiger partial charge in [0.05, 0.1) is 15.5 Å². The molecule has 0 aliphatic rings. The van der Waals surface area contributed by atoms with Crippen LogP contribution in [0.25, 0.3) is 0 Å². The van der Waals surface area contributed by atoms with Gasteiger partial charge in [0.1, 0.15) is 11.6 Å². The molecule has 108 valence electrons. The summed E-state index contributed by atoms with van der Waals surface area (Å²) in [4.78, 5) is 14.3. The molecule has 0 spiro atoms. The molecule has 21 heavy (non-hydrogen) atoms. The van der Waals surface area contributed by atoms with Gasteiger partial charge < -0.3 is 10.5 Å². The van der Waals surface area contributed by atoms with Gasteiger partial charge in [0, 0.05) is 17.8 Å². The van der Waals surface area contributed by atoms with Crippen molar-refractivity contribution in [1.82, 2.24) is 4.98 Å². The number of hydrogen-bond donors (Lipinski definition) is 2. The highest BCUT2D eigenvalue weighted by Crippen LogP contribution is 2.32. The number of aromatic nitrogens is 1. The maximum Gasteiger partial charge on any atom is 0.271 e. The first-order valence-electron chi connectivity index (χ1n) is 5.82. The minimum Gasteiger partial charge on any atom is -0.437 e. The van der Waals surface area contributed by atoms with Crippen LogP contribution in [0.1, 0.15) is 11.3 Å². The monoisotopic (exact) mass is 306 g/mol. The number of nitro benzene ring substituents is 1. The van der Waals surface area contributed by atoms with Crippen LogP contribution in [0.3, 0.4) is 0 Å². The van der Waals surface area contributed by atoms with Gasteiger partial charge in [-0.15, -0.1) is 0 Å². The lowest BCUT2D eigenvalue weighted by atomic mass is 10.2. The number of hydrogen-bond acceptors (Lipinski definition) is 5. The molecule has 7 nitrogen and oxygen atoms in total. The van der Waals surface area contributed by atoms with Crippen molar-refractivity contribution < 1.29 is 9.66 Å². The van der Waals surface area contributed by atoms with Crippen molar-refractivity contribution in [3.05, 3.63) is 56.7 Å². The molecule has 0 saturated heterocycles. The zero-order chi connectivity index (χ0) is 15.6. The normalized spacial score (nSPS) is 10.2. The molecule has 2 rings (SSSR count). The Morgan fingerprint density at radius 1 is 1.43 bits per heavy atom. The molecular formula is C13H11ClN4O3. The molecule has 0 bridgehead atoms. The van der Waals surface area contributed by atoms with E-state index in [1.807, 2.05) is 0 Å². The first kappa shape index (κ1) is 14.7. The molecule has 0 saturated carbocycles. The van der Waals surface area contributed by atoms with E-state index < -0.39 is 4.92 Å². The fourth-order valence-electron chi connectivity index (χ4n) is 1.61. The third-order valence-electron chi connectivity index (χ3n) is 2.62. The van der Waals surface area contributed by atoms with E-state index in [0.717, 1.165) is 0 Å². The number of amidine groups is 1. The first-order valence-corrected chi connectivity index (χ1v) is 6.20. The molecule has 0 aliphatic carbocycles. The molecular weight excluding hydrogens is 296 g/mol. The first-order chi connectivity index (χ1) is 9.88. The fraction of sp³-hybridized carbons (Fsp3) is 0.0769. The van der Waals surface area contributed by atoms with E-state index in [1.54, 1.807) is 19.1 Å². The number of halogens is 1. The smallest absolute Gasteiger partial charge is 0.271 e. The Kier molecular flexibility index (Phi) is 4.04. The Hall–Kier alpha value is -2.67. The molecule has 1 aromatic heterocycles. The predicted molar refractivity (Wildman–Crippen MR) is 78.2 cm³/mol. The van der Waals surface area contributed by atoms with Crippen molar-refractivity contribution in [1.29, 1.82) is 5.41 Å². The van der Waals surface area contributed by atoms with Crippen molar-refractivity contribution in [2.75, 3.05) is 0 Å². The standard InChI is InChI=1S/C13H11ClN4O3/c1-7-2-4-9(12(15)16)13(17-7)21-11-5-3-8(18(19)20)6-10(11)14/h2-6H,1H3,(H3,15,16). The highest BCUT2D eigenvalue weighted by atomic mass is 35.5. The Bertz CT molecular complexity index is 733. The average molecular weight is 307 g/mol. The molecule has 1 aromatic carbocycles. The Labute approximate surface area is 125 Å². The van der Waals surface area contributed by atoms with Crippen LogP contribution in [0.4, 0.5) is 5.69 Å².